The Morgan fingerprint density at radius 1 is 1.14 bits per heavy atom. The van der Waals surface area contributed by atoms with E-state index in [2.05, 4.69) is 57.0 Å². The molecular weight excluding hydrogens is 264 g/mol. The third-order valence-electron chi connectivity index (χ3n) is 5.33. The Balaban J connectivity index is 1.85. The number of fused-ring (bicyclic) bond motifs is 1. The molecule has 114 valence electrons. The summed E-state index contributed by atoms with van der Waals surface area (Å²) in [4.78, 5) is 0. The minimum absolute atomic E-state index is 0.364. The van der Waals surface area contributed by atoms with Crippen LogP contribution in [0.5, 0.6) is 0 Å². The van der Waals surface area contributed by atoms with Gasteiger partial charge in [0.1, 0.15) is 0 Å². The molecule has 0 fully saturated rings. The normalized spacial score (nSPS) is 21.5. The van der Waals surface area contributed by atoms with Gasteiger partial charge in [-0.3, -0.25) is 0 Å². The van der Waals surface area contributed by atoms with Gasteiger partial charge in [0.2, 0.25) is 0 Å². The van der Waals surface area contributed by atoms with Crippen LogP contribution in [0, 0.1) is 23.7 Å². The molecule has 0 saturated heterocycles. The standard InChI is InChI=1S/C22H26/c1-5-17-10-11-21(22(2,3)4)15-20(17)14-16-12-18-8-6-7-9-19(18)13-16/h1,6-9,14,21H,10-13,15H2,2-4H3. The van der Waals surface area contributed by atoms with Gasteiger partial charge < -0.3 is 0 Å². The average Bonchev–Trinajstić information content (AvgIpc) is 2.88. The number of benzene rings is 1. The molecule has 2 aliphatic carbocycles. The Labute approximate surface area is 135 Å². The van der Waals surface area contributed by atoms with Crippen molar-refractivity contribution in [3.63, 3.8) is 0 Å². The molecule has 0 saturated carbocycles. The van der Waals surface area contributed by atoms with Crippen molar-refractivity contribution in [1.82, 2.24) is 0 Å². The lowest BCUT2D eigenvalue weighted by Gasteiger charge is -2.34. The van der Waals surface area contributed by atoms with Gasteiger partial charge in [-0.1, -0.05) is 62.6 Å². The Hall–Kier alpha value is -1.74. The molecule has 0 aromatic heterocycles. The quantitative estimate of drug-likeness (QED) is 0.600. The first-order valence-corrected chi connectivity index (χ1v) is 8.42. The van der Waals surface area contributed by atoms with Crippen LogP contribution >= 0.6 is 0 Å². The minimum Gasteiger partial charge on any atom is -0.115 e. The van der Waals surface area contributed by atoms with Crippen molar-refractivity contribution in [2.24, 2.45) is 11.3 Å². The molecule has 0 heterocycles. The zero-order valence-corrected chi connectivity index (χ0v) is 14.1. The zero-order chi connectivity index (χ0) is 15.7. The van der Waals surface area contributed by atoms with Gasteiger partial charge in [-0.2, -0.15) is 0 Å². The van der Waals surface area contributed by atoms with E-state index in [9.17, 15) is 0 Å². The second kappa shape index (κ2) is 5.81. The molecule has 2 aliphatic rings. The van der Waals surface area contributed by atoms with E-state index in [0.717, 1.165) is 31.6 Å². The van der Waals surface area contributed by atoms with Crippen molar-refractivity contribution in [3.8, 4) is 12.3 Å². The van der Waals surface area contributed by atoms with Gasteiger partial charge in [0.05, 0.1) is 0 Å². The number of hydrogen-bond donors (Lipinski definition) is 0. The van der Waals surface area contributed by atoms with Crippen molar-refractivity contribution >= 4 is 0 Å². The summed E-state index contributed by atoms with van der Waals surface area (Å²) in [5.74, 6) is 3.69. The fourth-order valence-corrected chi connectivity index (χ4v) is 3.82. The highest BCUT2D eigenvalue weighted by molar-refractivity contribution is 5.46. The Morgan fingerprint density at radius 2 is 1.77 bits per heavy atom. The number of terminal acetylenes is 1. The molecule has 1 aromatic rings. The fraction of sp³-hybridized carbons (Fsp3) is 0.455. The molecule has 1 unspecified atom stereocenters. The summed E-state index contributed by atoms with van der Waals surface area (Å²) in [6.07, 6.45) is 13.8. The van der Waals surface area contributed by atoms with Crippen LogP contribution in [-0.4, -0.2) is 0 Å². The monoisotopic (exact) mass is 290 g/mol. The van der Waals surface area contributed by atoms with Gasteiger partial charge in [-0.15, -0.1) is 6.42 Å². The van der Waals surface area contributed by atoms with Gasteiger partial charge >= 0.3 is 0 Å². The summed E-state index contributed by atoms with van der Waals surface area (Å²) in [6, 6.07) is 8.80. The maximum absolute atomic E-state index is 5.77. The van der Waals surface area contributed by atoms with E-state index in [1.54, 1.807) is 0 Å². The summed E-state index contributed by atoms with van der Waals surface area (Å²) in [6.45, 7) is 7.07. The topological polar surface area (TPSA) is 0 Å². The molecule has 0 spiro atoms. The Kier molecular flexibility index (Phi) is 4.00. The third-order valence-corrected chi connectivity index (χ3v) is 5.33. The van der Waals surface area contributed by atoms with Gasteiger partial charge in [0.15, 0.2) is 0 Å². The van der Waals surface area contributed by atoms with Crippen molar-refractivity contribution in [3.05, 3.63) is 58.2 Å². The molecule has 22 heavy (non-hydrogen) atoms. The Morgan fingerprint density at radius 3 is 2.32 bits per heavy atom. The molecular formula is C22H26. The first-order valence-electron chi connectivity index (χ1n) is 8.42. The van der Waals surface area contributed by atoms with Gasteiger partial charge in [0.25, 0.3) is 0 Å². The van der Waals surface area contributed by atoms with Crippen LogP contribution in [0.1, 0.15) is 51.2 Å². The number of hydrogen-bond acceptors (Lipinski definition) is 0. The van der Waals surface area contributed by atoms with Gasteiger partial charge in [-0.05, 0) is 60.1 Å². The summed E-state index contributed by atoms with van der Waals surface area (Å²) >= 11 is 0. The molecule has 1 atom stereocenters. The molecule has 0 aliphatic heterocycles. The van der Waals surface area contributed by atoms with E-state index in [4.69, 9.17) is 6.42 Å². The smallest absolute Gasteiger partial charge is 0.00498 e. The first kappa shape index (κ1) is 15.2. The van der Waals surface area contributed by atoms with E-state index in [0.29, 0.717) is 5.41 Å². The van der Waals surface area contributed by atoms with E-state index >= 15 is 0 Å². The van der Waals surface area contributed by atoms with Gasteiger partial charge in [-0.25, -0.2) is 0 Å². The summed E-state index contributed by atoms with van der Waals surface area (Å²) in [7, 11) is 0. The zero-order valence-electron chi connectivity index (χ0n) is 14.1. The fourth-order valence-electron chi connectivity index (χ4n) is 3.82. The maximum Gasteiger partial charge on any atom is 0.00498 e. The van der Waals surface area contributed by atoms with E-state index in [1.807, 2.05) is 0 Å². The molecule has 0 radical (unpaired) electrons. The lowest BCUT2D eigenvalue weighted by Crippen LogP contribution is -2.24. The predicted molar refractivity (Wildman–Crippen MR) is 94.6 cm³/mol. The van der Waals surface area contributed by atoms with E-state index in [1.165, 1.54) is 34.3 Å². The summed E-state index contributed by atoms with van der Waals surface area (Å²) in [5.41, 5.74) is 7.53. The van der Waals surface area contributed by atoms with Crippen LogP contribution in [0.3, 0.4) is 0 Å². The first-order chi connectivity index (χ1) is 10.5. The minimum atomic E-state index is 0.364. The second-order valence-corrected chi connectivity index (χ2v) is 7.88. The van der Waals surface area contributed by atoms with Crippen LogP contribution in [-0.2, 0) is 12.8 Å². The highest BCUT2D eigenvalue weighted by Crippen LogP contribution is 2.41. The third kappa shape index (κ3) is 3.05. The number of allylic oxidation sites excluding steroid dienone is 4. The maximum atomic E-state index is 5.77. The molecule has 3 rings (SSSR count). The van der Waals surface area contributed by atoms with Gasteiger partial charge in [0, 0.05) is 5.57 Å². The predicted octanol–water partition coefficient (Wildman–Crippen LogP) is 5.49. The molecule has 0 nitrogen and oxygen atoms in total. The number of rotatable bonds is 1. The summed E-state index contributed by atoms with van der Waals surface area (Å²) < 4.78 is 0. The average molecular weight is 290 g/mol. The lowest BCUT2D eigenvalue weighted by molar-refractivity contribution is 0.218. The van der Waals surface area contributed by atoms with Crippen LogP contribution in [0.2, 0.25) is 0 Å². The lowest BCUT2D eigenvalue weighted by atomic mass is 9.70. The van der Waals surface area contributed by atoms with Crippen LogP contribution < -0.4 is 0 Å². The van der Waals surface area contributed by atoms with Crippen molar-refractivity contribution < 1.29 is 0 Å². The highest BCUT2D eigenvalue weighted by Gasteiger charge is 2.29. The highest BCUT2D eigenvalue weighted by atomic mass is 14.3. The summed E-state index contributed by atoms with van der Waals surface area (Å²) in [5, 5.41) is 0. The van der Waals surface area contributed by atoms with Crippen molar-refractivity contribution in [2.45, 2.75) is 52.9 Å². The van der Waals surface area contributed by atoms with Crippen molar-refractivity contribution in [1.29, 1.82) is 0 Å². The van der Waals surface area contributed by atoms with Crippen molar-refractivity contribution in [2.75, 3.05) is 0 Å². The molecule has 1 aromatic carbocycles. The second-order valence-electron chi connectivity index (χ2n) is 7.88. The molecule has 0 N–H and O–H groups in total. The van der Waals surface area contributed by atoms with E-state index < -0.39 is 0 Å². The van der Waals surface area contributed by atoms with Crippen LogP contribution in [0.25, 0.3) is 0 Å². The van der Waals surface area contributed by atoms with Crippen LogP contribution in [0.4, 0.5) is 0 Å². The SMILES string of the molecule is C#CC1=C(C=C2Cc3ccccc3C2)CC(C(C)(C)C)CC1. The molecule has 0 amide bonds. The largest absolute Gasteiger partial charge is 0.115 e. The Bertz CT molecular complexity index is 644. The molecule has 0 heteroatoms. The van der Waals surface area contributed by atoms with Crippen LogP contribution in [0.15, 0.2) is 47.1 Å². The molecule has 0 bridgehead atoms. The van der Waals surface area contributed by atoms with E-state index in [-0.39, 0.29) is 0 Å².